The van der Waals surface area contributed by atoms with E-state index >= 15 is 0 Å². The van der Waals surface area contributed by atoms with Crippen molar-refractivity contribution in [2.75, 3.05) is 36.5 Å². The fourth-order valence-electron chi connectivity index (χ4n) is 3.83. The van der Waals surface area contributed by atoms with Gasteiger partial charge >= 0.3 is 0 Å². The van der Waals surface area contributed by atoms with Crippen molar-refractivity contribution in [3.05, 3.63) is 89.7 Å². The van der Waals surface area contributed by atoms with Crippen LogP contribution in [0.2, 0.25) is 0 Å². The van der Waals surface area contributed by atoms with Crippen LogP contribution in [0.1, 0.15) is 5.56 Å². The highest BCUT2D eigenvalue weighted by molar-refractivity contribution is 7.13. The lowest BCUT2D eigenvalue weighted by molar-refractivity contribution is -0.111. The van der Waals surface area contributed by atoms with Gasteiger partial charge in [-0.2, -0.15) is 5.10 Å². The molecule has 8 heteroatoms. The molecule has 172 valence electrons. The number of hydrogen-bond donors (Lipinski definition) is 1. The van der Waals surface area contributed by atoms with Crippen molar-refractivity contribution in [1.29, 1.82) is 0 Å². The monoisotopic (exact) mass is 474 g/mol. The summed E-state index contributed by atoms with van der Waals surface area (Å²) in [4.78, 5) is 15.7. The van der Waals surface area contributed by atoms with E-state index in [1.165, 1.54) is 18.2 Å². The van der Waals surface area contributed by atoms with Gasteiger partial charge in [0.1, 0.15) is 11.5 Å². The number of morpholine rings is 1. The predicted octanol–water partition coefficient (Wildman–Crippen LogP) is 5.23. The number of anilines is 2. The molecule has 0 spiro atoms. The van der Waals surface area contributed by atoms with E-state index in [9.17, 15) is 9.18 Å². The highest BCUT2D eigenvalue weighted by Crippen LogP contribution is 2.29. The number of nitrogens with zero attached hydrogens (tertiary/aromatic N) is 3. The fourth-order valence-corrected chi connectivity index (χ4v) is 4.56. The molecule has 1 amide bonds. The van der Waals surface area contributed by atoms with Crippen molar-refractivity contribution in [2.45, 2.75) is 0 Å². The van der Waals surface area contributed by atoms with Crippen LogP contribution >= 0.6 is 11.3 Å². The van der Waals surface area contributed by atoms with Crippen LogP contribution in [0.5, 0.6) is 0 Å². The molecule has 0 radical (unpaired) electrons. The number of aromatic nitrogens is 2. The van der Waals surface area contributed by atoms with Crippen LogP contribution in [0.25, 0.3) is 22.3 Å². The Morgan fingerprint density at radius 2 is 1.88 bits per heavy atom. The van der Waals surface area contributed by atoms with Crippen molar-refractivity contribution < 1.29 is 13.9 Å². The molecule has 1 saturated heterocycles. The number of rotatable bonds is 6. The van der Waals surface area contributed by atoms with Gasteiger partial charge in [0.2, 0.25) is 5.91 Å². The first-order valence-electron chi connectivity index (χ1n) is 11.0. The average Bonchev–Trinajstić information content (AvgIpc) is 3.54. The maximum absolute atomic E-state index is 14.2. The van der Waals surface area contributed by atoms with Gasteiger partial charge in [-0.1, -0.05) is 24.3 Å². The zero-order valence-corrected chi connectivity index (χ0v) is 19.2. The van der Waals surface area contributed by atoms with Gasteiger partial charge in [0.05, 0.1) is 23.8 Å². The molecule has 6 nitrogen and oxygen atoms in total. The summed E-state index contributed by atoms with van der Waals surface area (Å²) < 4.78 is 21.4. The van der Waals surface area contributed by atoms with E-state index in [1.54, 1.807) is 28.2 Å². The minimum Gasteiger partial charge on any atom is -0.378 e. The van der Waals surface area contributed by atoms with E-state index in [0.29, 0.717) is 32.0 Å². The Hall–Kier alpha value is -3.75. The van der Waals surface area contributed by atoms with Gasteiger partial charge in [-0.05, 0) is 47.9 Å². The molecule has 1 N–H and O–H groups in total. The number of carbonyl (C=O) groups excluding carboxylic acids is 1. The number of halogens is 1. The topological polar surface area (TPSA) is 59.4 Å². The third kappa shape index (κ3) is 5.08. The summed E-state index contributed by atoms with van der Waals surface area (Å²) in [6.07, 6.45) is 5.08. The van der Waals surface area contributed by atoms with Gasteiger partial charge in [-0.15, -0.1) is 11.3 Å². The first kappa shape index (κ1) is 22.1. The largest absolute Gasteiger partial charge is 0.378 e. The Bertz CT molecular complexity index is 1300. The van der Waals surface area contributed by atoms with Gasteiger partial charge in [0.15, 0.2) is 0 Å². The molecular formula is C26H23FN4O2S. The predicted molar refractivity (Wildman–Crippen MR) is 134 cm³/mol. The number of carbonyl (C=O) groups is 1. The lowest BCUT2D eigenvalue weighted by Gasteiger charge is -2.29. The van der Waals surface area contributed by atoms with Gasteiger partial charge in [-0.25, -0.2) is 9.07 Å². The fraction of sp³-hybridized carbons (Fsp3) is 0.154. The Balaban J connectivity index is 1.36. The average molecular weight is 475 g/mol. The normalized spacial score (nSPS) is 14.0. The maximum atomic E-state index is 14.2. The molecule has 1 aliphatic heterocycles. The van der Waals surface area contributed by atoms with Crippen molar-refractivity contribution in [1.82, 2.24) is 9.78 Å². The number of amides is 1. The number of benzene rings is 2. The van der Waals surface area contributed by atoms with Gasteiger partial charge in [0, 0.05) is 42.3 Å². The van der Waals surface area contributed by atoms with Crippen LogP contribution in [-0.2, 0) is 9.53 Å². The Labute approximate surface area is 200 Å². The number of para-hydroxylation sites is 1. The van der Waals surface area contributed by atoms with Crippen LogP contribution in [0.4, 0.5) is 15.8 Å². The molecule has 4 aromatic rings. The Morgan fingerprint density at radius 3 is 2.65 bits per heavy atom. The lowest BCUT2D eigenvalue weighted by atomic mass is 10.2. The number of thiophene rings is 1. The van der Waals surface area contributed by atoms with Gasteiger partial charge in [-0.3, -0.25) is 4.79 Å². The quantitative estimate of drug-likeness (QED) is 0.389. The summed E-state index contributed by atoms with van der Waals surface area (Å²) in [6, 6.07) is 18.4. The van der Waals surface area contributed by atoms with E-state index in [4.69, 9.17) is 9.84 Å². The van der Waals surface area contributed by atoms with E-state index in [0.717, 1.165) is 27.5 Å². The first-order chi connectivity index (χ1) is 16.7. The first-order valence-corrected chi connectivity index (χ1v) is 11.8. The van der Waals surface area contributed by atoms with E-state index in [2.05, 4.69) is 5.32 Å². The number of nitrogens with one attached hydrogen (secondary N) is 1. The van der Waals surface area contributed by atoms with Crippen molar-refractivity contribution in [3.8, 4) is 16.3 Å². The van der Waals surface area contributed by atoms with Crippen molar-refractivity contribution in [3.63, 3.8) is 0 Å². The summed E-state index contributed by atoms with van der Waals surface area (Å²) in [7, 11) is 0. The second kappa shape index (κ2) is 10.0. The van der Waals surface area contributed by atoms with Crippen LogP contribution in [0.15, 0.2) is 78.3 Å². The minimum absolute atomic E-state index is 0.344. The molecule has 3 heterocycles. The van der Waals surface area contributed by atoms with E-state index in [1.807, 2.05) is 58.9 Å². The zero-order chi connectivity index (χ0) is 23.3. The molecule has 0 atom stereocenters. The lowest BCUT2D eigenvalue weighted by Crippen LogP contribution is -2.36. The Morgan fingerprint density at radius 1 is 1.06 bits per heavy atom. The summed E-state index contributed by atoms with van der Waals surface area (Å²) in [6.45, 7) is 2.58. The standard InChI is InChI=1S/C26H23FN4O2S/c27-20-15-21(17-23(16-20)30-10-12-33-13-11-30)28-25(32)9-8-19-18-31(22-5-2-1-3-6-22)29-26(19)24-7-4-14-34-24/h1-9,14-18H,10-13H2,(H,28,32)/b9-8+. The molecule has 0 bridgehead atoms. The molecule has 1 aliphatic rings. The molecule has 0 unspecified atom stereocenters. The highest BCUT2D eigenvalue weighted by atomic mass is 32.1. The van der Waals surface area contributed by atoms with Crippen LogP contribution in [-0.4, -0.2) is 42.0 Å². The van der Waals surface area contributed by atoms with Crippen molar-refractivity contribution in [2.24, 2.45) is 0 Å². The maximum Gasteiger partial charge on any atom is 0.248 e. The van der Waals surface area contributed by atoms with Crippen LogP contribution in [0, 0.1) is 5.82 Å². The number of hydrogen-bond acceptors (Lipinski definition) is 5. The molecule has 1 fully saturated rings. The van der Waals surface area contributed by atoms with Crippen LogP contribution in [0.3, 0.4) is 0 Å². The van der Waals surface area contributed by atoms with Gasteiger partial charge in [0.25, 0.3) is 0 Å². The molecule has 0 aliphatic carbocycles. The molecule has 5 rings (SSSR count). The highest BCUT2D eigenvalue weighted by Gasteiger charge is 2.14. The molecule has 2 aromatic heterocycles. The second-order valence-corrected chi connectivity index (χ2v) is 8.76. The summed E-state index contributed by atoms with van der Waals surface area (Å²) in [5.41, 5.74) is 3.68. The van der Waals surface area contributed by atoms with E-state index < -0.39 is 5.82 Å². The third-order valence-corrected chi connectivity index (χ3v) is 6.34. The summed E-state index contributed by atoms with van der Waals surface area (Å²) in [5, 5.41) is 9.51. The summed E-state index contributed by atoms with van der Waals surface area (Å²) >= 11 is 1.59. The third-order valence-electron chi connectivity index (χ3n) is 5.46. The SMILES string of the molecule is O=C(/C=C/c1cn(-c2ccccc2)nc1-c1cccs1)Nc1cc(F)cc(N2CCOCC2)c1. The van der Waals surface area contributed by atoms with Crippen molar-refractivity contribution >= 4 is 34.7 Å². The molecular weight excluding hydrogens is 451 g/mol. The zero-order valence-electron chi connectivity index (χ0n) is 18.4. The smallest absolute Gasteiger partial charge is 0.248 e. The molecule has 34 heavy (non-hydrogen) atoms. The molecule has 2 aromatic carbocycles. The Kier molecular flexibility index (Phi) is 6.51. The molecule has 0 saturated carbocycles. The van der Waals surface area contributed by atoms with E-state index in [-0.39, 0.29) is 5.91 Å². The summed E-state index contributed by atoms with van der Waals surface area (Å²) in [5.74, 6) is -0.740. The van der Waals surface area contributed by atoms with Crippen LogP contribution < -0.4 is 10.2 Å². The number of ether oxygens (including phenoxy) is 1. The van der Waals surface area contributed by atoms with Gasteiger partial charge < -0.3 is 15.0 Å². The second-order valence-electron chi connectivity index (χ2n) is 7.81. The minimum atomic E-state index is -0.396.